The summed E-state index contributed by atoms with van der Waals surface area (Å²) < 4.78 is 5.35. The van der Waals surface area contributed by atoms with Crippen LogP contribution in [0.1, 0.15) is 112 Å². The van der Waals surface area contributed by atoms with Crippen molar-refractivity contribution in [2.24, 2.45) is 39.7 Å². The van der Waals surface area contributed by atoms with Gasteiger partial charge in [-0.25, -0.2) is 4.79 Å². The molecule has 8 heteroatoms. The number of oxime groups is 1. The van der Waals surface area contributed by atoms with E-state index in [1.807, 2.05) is 33.8 Å². The van der Waals surface area contributed by atoms with Crippen molar-refractivity contribution in [3.8, 4) is 0 Å². The molecule has 1 heterocycles. The third-order valence-corrected chi connectivity index (χ3v) is 12.0. The number of carbonyl (C=O) groups excluding carboxylic acids is 3. The van der Waals surface area contributed by atoms with Crippen molar-refractivity contribution in [1.82, 2.24) is 10.2 Å². The Labute approximate surface area is 252 Å². The number of esters is 1. The Morgan fingerprint density at radius 1 is 1.07 bits per heavy atom. The minimum atomic E-state index is -0.402. The fourth-order valence-corrected chi connectivity index (χ4v) is 9.72. The fraction of sp³-hybridized carbons (Fsp3) is 0.824. The molecular weight excluding hydrogens is 530 g/mol. The molecule has 0 radical (unpaired) electrons. The molecule has 0 aromatic rings. The lowest BCUT2D eigenvalue weighted by atomic mass is 9.46. The molecule has 5 rings (SSSR count). The minimum absolute atomic E-state index is 0.119. The Morgan fingerprint density at radius 3 is 2.60 bits per heavy atom. The van der Waals surface area contributed by atoms with E-state index in [4.69, 9.17) is 9.57 Å². The molecule has 1 aliphatic heterocycles. The van der Waals surface area contributed by atoms with E-state index in [-0.39, 0.29) is 35.0 Å². The van der Waals surface area contributed by atoms with Gasteiger partial charge in [0, 0.05) is 31.5 Å². The fourth-order valence-electron chi connectivity index (χ4n) is 9.72. The third kappa shape index (κ3) is 5.94. The Morgan fingerprint density at radius 2 is 1.86 bits per heavy atom. The predicted octanol–water partition coefficient (Wildman–Crippen LogP) is 6.43. The lowest BCUT2D eigenvalue weighted by Gasteiger charge is -2.58. The highest BCUT2D eigenvalue weighted by Crippen LogP contribution is 2.66. The van der Waals surface area contributed by atoms with Crippen molar-refractivity contribution in [2.45, 2.75) is 130 Å². The summed E-state index contributed by atoms with van der Waals surface area (Å²) in [6.45, 7) is 13.7. The zero-order chi connectivity index (χ0) is 30.2. The zero-order valence-corrected chi connectivity index (χ0v) is 26.7. The van der Waals surface area contributed by atoms with Gasteiger partial charge in [-0.2, -0.15) is 0 Å². The number of hydrogen-bond acceptors (Lipinski definition) is 7. The second-order valence-electron chi connectivity index (χ2n) is 14.6. The van der Waals surface area contributed by atoms with Crippen LogP contribution < -0.4 is 5.32 Å². The van der Waals surface area contributed by atoms with Crippen LogP contribution in [-0.2, 0) is 19.2 Å². The van der Waals surface area contributed by atoms with Crippen LogP contribution >= 0.6 is 0 Å². The molecule has 0 aromatic heterocycles. The lowest BCUT2D eigenvalue weighted by Crippen LogP contribution is -2.51. The third-order valence-electron chi connectivity index (χ3n) is 12.0. The monoisotopic (exact) mass is 583 g/mol. The van der Waals surface area contributed by atoms with Crippen molar-refractivity contribution in [3.05, 3.63) is 11.6 Å². The van der Waals surface area contributed by atoms with E-state index in [0.717, 1.165) is 44.2 Å². The summed E-state index contributed by atoms with van der Waals surface area (Å²) in [7, 11) is 0. The predicted molar refractivity (Wildman–Crippen MR) is 163 cm³/mol. The summed E-state index contributed by atoms with van der Waals surface area (Å²) in [5.74, 6) is 2.48. The number of fused-ring (bicyclic) bond motifs is 5. The molecule has 1 amide bonds. The van der Waals surface area contributed by atoms with Crippen molar-refractivity contribution in [3.63, 3.8) is 0 Å². The highest BCUT2D eigenvalue weighted by atomic mass is 16.7. The zero-order valence-electron chi connectivity index (χ0n) is 26.7. The number of hydrogen-bond donors (Lipinski definition) is 1. The second-order valence-corrected chi connectivity index (χ2v) is 14.6. The van der Waals surface area contributed by atoms with Gasteiger partial charge in [-0.3, -0.25) is 14.4 Å². The first-order valence-electron chi connectivity index (χ1n) is 16.7. The van der Waals surface area contributed by atoms with Crippen LogP contribution in [0.2, 0.25) is 0 Å². The van der Waals surface area contributed by atoms with E-state index in [1.165, 1.54) is 31.3 Å². The first-order valence-corrected chi connectivity index (χ1v) is 16.7. The standard InChI is InChI=1S/C34H53N3O5/c1-7-37(19-16-24-9-13-30(35-24)31(39)41-21(2)3)32(40)42-36-22(4)27-11-12-28-26-10-8-23-20-25(38)14-17-33(23,5)29(26)15-18-34(27,28)6/h20-21,24,26-30,35H,7-19H2,1-6H3/b36-22+/t24?,26-,27+,28-,29-,30?,33-,34+/m0/s1. The van der Waals surface area contributed by atoms with Crippen LogP contribution in [0.25, 0.3) is 0 Å². The van der Waals surface area contributed by atoms with Gasteiger partial charge in [0.2, 0.25) is 0 Å². The molecule has 0 aromatic carbocycles. The molecule has 0 bridgehead atoms. The molecule has 0 spiro atoms. The number of ether oxygens (including phenoxy) is 1. The van der Waals surface area contributed by atoms with Crippen LogP contribution in [0, 0.1) is 34.5 Å². The molecule has 2 unspecified atom stereocenters. The summed E-state index contributed by atoms with van der Waals surface area (Å²) in [5, 5.41) is 7.82. The summed E-state index contributed by atoms with van der Waals surface area (Å²) in [6.07, 6.45) is 12.5. The Hall–Kier alpha value is -2.22. The Balaban J connectivity index is 1.15. The molecule has 5 aliphatic rings. The number of nitrogens with zero attached hydrogens (tertiary/aromatic N) is 2. The smallest absolute Gasteiger partial charge is 0.435 e. The summed E-state index contributed by atoms with van der Waals surface area (Å²) >= 11 is 0. The normalized spacial score (nSPS) is 37.9. The van der Waals surface area contributed by atoms with Crippen LogP contribution in [0.3, 0.4) is 0 Å². The molecule has 234 valence electrons. The van der Waals surface area contributed by atoms with Crippen molar-refractivity contribution < 1.29 is 24.0 Å². The van der Waals surface area contributed by atoms with Crippen LogP contribution in [0.4, 0.5) is 4.79 Å². The second kappa shape index (κ2) is 12.4. The van der Waals surface area contributed by atoms with Gasteiger partial charge in [0.1, 0.15) is 6.04 Å². The maximum absolute atomic E-state index is 13.0. The van der Waals surface area contributed by atoms with Crippen molar-refractivity contribution in [1.29, 1.82) is 0 Å². The molecule has 4 aliphatic carbocycles. The van der Waals surface area contributed by atoms with Gasteiger partial charge >= 0.3 is 12.1 Å². The van der Waals surface area contributed by atoms with Crippen LogP contribution in [0.15, 0.2) is 16.8 Å². The number of allylic oxidation sites excluding steroid dienone is 1. The molecule has 42 heavy (non-hydrogen) atoms. The topological polar surface area (TPSA) is 97.3 Å². The number of carbonyl (C=O) groups is 3. The van der Waals surface area contributed by atoms with Gasteiger partial charge in [-0.1, -0.05) is 24.6 Å². The van der Waals surface area contributed by atoms with E-state index >= 15 is 0 Å². The number of amides is 1. The first-order chi connectivity index (χ1) is 20.0. The number of ketones is 1. The van der Waals surface area contributed by atoms with E-state index < -0.39 is 6.09 Å². The molecule has 1 saturated heterocycles. The Kier molecular flexibility index (Phi) is 9.22. The van der Waals surface area contributed by atoms with Gasteiger partial charge < -0.3 is 15.0 Å². The average molecular weight is 584 g/mol. The van der Waals surface area contributed by atoms with Gasteiger partial charge in [0.25, 0.3) is 0 Å². The summed E-state index contributed by atoms with van der Waals surface area (Å²) in [5.41, 5.74) is 2.72. The lowest BCUT2D eigenvalue weighted by molar-refractivity contribution is -0.149. The maximum atomic E-state index is 13.0. The maximum Gasteiger partial charge on any atom is 0.435 e. The number of rotatable bonds is 8. The molecule has 4 fully saturated rings. The summed E-state index contributed by atoms with van der Waals surface area (Å²) in [4.78, 5) is 44.6. The van der Waals surface area contributed by atoms with Crippen LogP contribution in [0.5, 0.6) is 0 Å². The molecule has 1 N–H and O–H groups in total. The SMILES string of the molecule is CCN(CCC1CCC(C(=O)OC(C)C)N1)C(=O)O/N=C(\C)[C@H]1CC[C@H]2[C@@H]3CCC4=CC(=O)CC[C@]4(C)[C@H]3CC[C@]12C. The first kappa shape index (κ1) is 31.2. The minimum Gasteiger partial charge on any atom is -0.462 e. The Bertz CT molecular complexity index is 1120. The molecule has 8 nitrogen and oxygen atoms in total. The van der Waals surface area contributed by atoms with E-state index in [2.05, 4.69) is 24.3 Å². The highest BCUT2D eigenvalue weighted by Gasteiger charge is 2.59. The van der Waals surface area contributed by atoms with E-state index in [0.29, 0.717) is 49.0 Å². The number of nitrogens with one attached hydrogen (secondary N) is 1. The van der Waals surface area contributed by atoms with Gasteiger partial charge in [-0.15, -0.1) is 0 Å². The van der Waals surface area contributed by atoms with Gasteiger partial charge in [0.15, 0.2) is 5.78 Å². The largest absolute Gasteiger partial charge is 0.462 e. The quantitative estimate of drug-likeness (QED) is 0.153. The average Bonchev–Trinajstić information content (AvgIpc) is 3.56. The van der Waals surface area contributed by atoms with E-state index in [1.54, 1.807) is 4.90 Å². The molecule has 8 atom stereocenters. The van der Waals surface area contributed by atoms with Gasteiger partial charge in [0.05, 0.1) is 11.8 Å². The van der Waals surface area contributed by atoms with Gasteiger partial charge in [-0.05, 0) is 127 Å². The van der Waals surface area contributed by atoms with Crippen molar-refractivity contribution in [2.75, 3.05) is 13.1 Å². The van der Waals surface area contributed by atoms with E-state index in [9.17, 15) is 14.4 Å². The molecular formula is C34H53N3O5. The molecule has 3 saturated carbocycles. The summed E-state index contributed by atoms with van der Waals surface area (Å²) in [6, 6.07) is -0.0878. The highest BCUT2D eigenvalue weighted by molar-refractivity contribution is 5.91. The van der Waals surface area contributed by atoms with Crippen molar-refractivity contribution >= 4 is 23.6 Å². The van der Waals surface area contributed by atoms with Crippen LogP contribution in [-0.4, -0.2) is 59.7 Å².